The lowest BCUT2D eigenvalue weighted by Crippen LogP contribution is -2.26. The molecule has 0 saturated carbocycles. The first kappa shape index (κ1) is 19.8. The predicted molar refractivity (Wildman–Crippen MR) is 102 cm³/mol. The van der Waals surface area contributed by atoms with Crippen molar-refractivity contribution >= 4 is 40.7 Å². The van der Waals surface area contributed by atoms with Gasteiger partial charge in [-0.25, -0.2) is 5.43 Å². The molecule has 6 nitrogen and oxygen atoms in total. The van der Waals surface area contributed by atoms with Gasteiger partial charge in [-0.2, -0.15) is 5.10 Å². The van der Waals surface area contributed by atoms with Gasteiger partial charge in [-0.1, -0.05) is 35.3 Å². The van der Waals surface area contributed by atoms with Crippen molar-refractivity contribution in [1.29, 1.82) is 0 Å². The smallest absolute Gasteiger partial charge is 0.275 e. The zero-order valence-corrected chi connectivity index (χ0v) is 15.4. The Bertz CT molecular complexity index is 836. The molecule has 0 aromatic heterocycles. The minimum Gasteiger partial charge on any atom is -0.507 e. The van der Waals surface area contributed by atoms with Gasteiger partial charge in [-0.3, -0.25) is 9.59 Å². The molecular formula is C18H17Cl2N3O3. The Kier molecular flexibility index (Phi) is 7.00. The molecule has 136 valence electrons. The van der Waals surface area contributed by atoms with Crippen LogP contribution in [0.25, 0.3) is 0 Å². The van der Waals surface area contributed by atoms with Crippen molar-refractivity contribution in [2.75, 3.05) is 0 Å². The van der Waals surface area contributed by atoms with E-state index >= 15 is 0 Å². The lowest BCUT2D eigenvalue weighted by Gasteiger charge is -2.07. The first-order valence-corrected chi connectivity index (χ1v) is 8.44. The largest absolute Gasteiger partial charge is 0.507 e. The Morgan fingerprint density at radius 2 is 1.73 bits per heavy atom. The highest BCUT2D eigenvalue weighted by atomic mass is 35.5. The topological polar surface area (TPSA) is 90.8 Å². The Hall–Kier alpha value is -2.57. The number of aromatic hydroxyl groups is 1. The van der Waals surface area contributed by atoms with Crippen molar-refractivity contribution in [3.8, 4) is 5.75 Å². The van der Waals surface area contributed by atoms with E-state index in [2.05, 4.69) is 15.8 Å². The summed E-state index contributed by atoms with van der Waals surface area (Å²) in [5.41, 5.74) is 3.62. The third-order valence-electron chi connectivity index (χ3n) is 3.37. The second kappa shape index (κ2) is 9.22. The van der Waals surface area contributed by atoms with Gasteiger partial charge < -0.3 is 10.4 Å². The Morgan fingerprint density at radius 3 is 2.42 bits per heavy atom. The Morgan fingerprint density at radius 1 is 1.08 bits per heavy atom. The number of nitrogens with one attached hydrogen (secondary N) is 2. The fraction of sp³-hybridized carbons (Fsp3) is 0.167. The molecule has 0 aliphatic heterocycles. The summed E-state index contributed by atoms with van der Waals surface area (Å²) < 4.78 is 0. The van der Waals surface area contributed by atoms with E-state index in [0.29, 0.717) is 22.3 Å². The van der Waals surface area contributed by atoms with Crippen molar-refractivity contribution in [3.63, 3.8) is 0 Å². The second-order valence-corrected chi connectivity index (χ2v) is 6.40. The van der Waals surface area contributed by atoms with E-state index in [1.807, 2.05) is 12.1 Å². The maximum Gasteiger partial charge on any atom is 0.275 e. The summed E-state index contributed by atoms with van der Waals surface area (Å²) in [4.78, 5) is 23.9. The summed E-state index contributed by atoms with van der Waals surface area (Å²) in [6.07, 6.45) is 0.0232. The van der Waals surface area contributed by atoms with Crippen LogP contribution < -0.4 is 10.7 Å². The van der Waals surface area contributed by atoms with Gasteiger partial charge in [-0.05, 0) is 42.8 Å². The van der Waals surface area contributed by atoms with Crippen LogP contribution in [-0.2, 0) is 11.3 Å². The SMILES string of the molecule is C/C(CC(=O)NCc1ccc(Cl)cc1)=N\NC(=O)c1cc(Cl)ccc1O. The van der Waals surface area contributed by atoms with E-state index in [9.17, 15) is 14.7 Å². The Labute approximate surface area is 160 Å². The van der Waals surface area contributed by atoms with E-state index in [-0.39, 0.29) is 23.6 Å². The van der Waals surface area contributed by atoms with Gasteiger partial charge in [0.2, 0.25) is 5.91 Å². The first-order valence-electron chi connectivity index (χ1n) is 7.68. The van der Waals surface area contributed by atoms with Crippen molar-refractivity contribution in [1.82, 2.24) is 10.7 Å². The lowest BCUT2D eigenvalue weighted by atomic mass is 10.2. The normalized spacial score (nSPS) is 11.1. The van der Waals surface area contributed by atoms with Crippen molar-refractivity contribution < 1.29 is 14.7 Å². The minimum atomic E-state index is -0.620. The summed E-state index contributed by atoms with van der Waals surface area (Å²) in [6, 6.07) is 11.2. The highest BCUT2D eigenvalue weighted by molar-refractivity contribution is 6.31. The summed E-state index contributed by atoms with van der Waals surface area (Å²) in [6.45, 7) is 1.98. The first-order chi connectivity index (χ1) is 12.3. The van der Waals surface area contributed by atoms with Gasteiger partial charge in [0.1, 0.15) is 5.75 Å². The van der Waals surface area contributed by atoms with Gasteiger partial charge >= 0.3 is 0 Å². The molecule has 0 atom stereocenters. The van der Waals surface area contributed by atoms with Gasteiger partial charge in [0.25, 0.3) is 5.91 Å². The number of hydrogen-bond acceptors (Lipinski definition) is 4. The molecule has 0 unspecified atom stereocenters. The second-order valence-electron chi connectivity index (χ2n) is 5.53. The average molecular weight is 394 g/mol. The number of nitrogens with zero attached hydrogens (tertiary/aromatic N) is 1. The van der Waals surface area contributed by atoms with Crippen LogP contribution in [0.2, 0.25) is 10.0 Å². The highest BCUT2D eigenvalue weighted by Crippen LogP contribution is 2.21. The number of carbonyl (C=O) groups excluding carboxylic acids is 2. The molecule has 0 spiro atoms. The summed E-state index contributed by atoms with van der Waals surface area (Å²) in [5, 5.41) is 17.2. The highest BCUT2D eigenvalue weighted by Gasteiger charge is 2.11. The molecule has 0 radical (unpaired) electrons. The van der Waals surface area contributed by atoms with Crippen LogP contribution in [0.1, 0.15) is 29.3 Å². The molecule has 2 aromatic carbocycles. The third kappa shape index (κ3) is 6.06. The summed E-state index contributed by atoms with van der Waals surface area (Å²) >= 11 is 11.6. The quantitative estimate of drug-likeness (QED) is 0.517. The van der Waals surface area contributed by atoms with E-state index < -0.39 is 5.91 Å². The van der Waals surface area contributed by atoms with E-state index in [1.54, 1.807) is 19.1 Å². The fourth-order valence-electron chi connectivity index (χ4n) is 2.03. The van der Waals surface area contributed by atoms with Crippen LogP contribution in [-0.4, -0.2) is 22.6 Å². The van der Waals surface area contributed by atoms with Crippen molar-refractivity contribution in [2.24, 2.45) is 5.10 Å². The van der Waals surface area contributed by atoms with Crippen LogP contribution in [0.5, 0.6) is 5.75 Å². The van der Waals surface area contributed by atoms with E-state index in [0.717, 1.165) is 5.56 Å². The van der Waals surface area contributed by atoms with Crippen molar-refractivity contribution in [2.45, 2.75) is 19.9 Å². The van der Waals surface area contributed by atoms with Gasteiger partial charge in [0.05, 0.1) is 12.0 Å². The number of amides is 2. The van der Waals surface area contributed by atoms with Crippen LogP contribution in [0.3, 0.4) is 0 Å². The molecule has 0 saturated heterocycles. The number of hydrogen-bond donors (Lipinski definition) is 3. The van der Waals surface area contributed by atoms with Crippen LogP contribution in [0, 0.1) is 0 Å². The molecule has 2 rings (SSSR count). The monoisotopic (exact) mass is 393 g/mol. The Balaban J connectivity index is 1.85. The number of carbonyl (C=O) groups is 2. The van der Waals surface area contributed by atoms with Crippen LogP contribution >= 0.6 is 23.2 Å². The molecule has 0 heterocycles. The van der Waals surface area contributed by atoms with Gasteiger partial charge in [0, 0.05) is 22.3 Å². The maximum atomic E-state index is 12.0. The third-order valence-corrected chi connectivity index (χ3v) is 3.86. The van der Waals surface area contributed by atoms with E-state index in [4.69, 9.17) is 23.2 Å². The molecule has 0 bridgehead atoms. The average Bonchev–Trinajstić information content (AvgIpc) is 2.61. The number of rotatable bonds is 6. The molecule has 2 amide bonds. The maximum absolute atomic E-state index is 12.0. The number of benzene rings is 2. The number of phenols is 1. The molecular weight excluding hydrogens is 377 g/mol. The van der Waals surface area contributed by atoms with Gasteiger partial charge in [0.15, 0.2) is 0 Å². The standard InChI is InChI=1S/C18H17Cl2N3O3/c1-11(8-17(25)21-10-12-2-4-13(19)5-3-12)22-23-18(26)15-9-14(20)6-7-16(15)24/h2-7,9,24H,8,10H2,1H3,(H,21,25)(H,23,26)/b22-11+. The van der Waals surface area contributed by atoms with E-state index in [1.165, 1.54) is 18.2 Å². The fourth-order valence-corrected chi connectivity index (χ4v) is 2.33. The number of phenolic OH excluding ortho intramolecular Hbond substituents is 1. The van der Waals surface area contributed by atoms with Gasteiger partial charge in [-0.15, -0.1) is 0 Å². The zero-order chi connectivity index (χ0) is 19.1. The molecule has 8 heteroatoms. The number of halogens is 2. The predicted octanol–water partition coefficient (Wildman–Crippen LogP) is 3.51. The zero-order valence-electron chi connectivity index (χ0n) is 13.9. The van der Waals surface area contributed by atoms with Crippen LogP contribution in [0.4, 0.5) is 0 Å². The lowest BCUT2D eigenvalue weighted by molar-refractivity contribution is -0.120. The number of hydrazone groups is 1. The summed E-state index contributed by atoms with van der Waals surface area (Å²) in [7, 11) is 0. The van der Waals surface area contributed by atoms with Crippen LogP contribution in [0.15, 0.2) is 47.6 Å². The molecule has 0 aliphatic rings. The molecule has 3 N–H and O–H groups in total. The molecule has 0 aliphatic carbocycles. The molecule has 0 fully saturated rings. The van der Waals surface area contributed by atoms with Crippen molar-refractivity contribution in [3.05, 3.63) is 63.6 Å². The minimum absolute atomic E-state index is 0.00115. The summed E-state index contributed by atoms with van der Waals surface area (Å²) in [5.74, 6) is -1.06. The molecule has 2 aromatic rings. The molecule has 26 heavy (non-hydrogen) atoms.